The fraction of sp³-hybridized carbons (Fsp3) is 0.750. The van der Waals surface area contributed by atoms with Crippen molar-refractivity contribution in [2.75, 3.05) is 24.7 Å². The van der Waals surface area contributed by atoms with E-state index < -0.39 is 6.03 Å². The fourth-order valence-electron chi connectivity index (χ4n) is 0.675. The highest BCUT2D eigenvalue weighted by molar-refractivity contribution is 7.99. The molecule has 0 aliphatic heterocycles. The Morgan fingerprint density at radius 2 is 2.14 bits per heavy atom. The van der Waals surface area contributed by atoms with E-state index in [0.29, 0.717) is 12.3 Å². The summed E-state index contributed by atoms with van der Waals surface area (Å²) >= 11 is 1.29. The molecular formula is C8H16N2O3S. The molecule has 3 amide bonds. The van der Waals surface area contributed by atoms with Crippen molar-refractivity contribution in [2.45, 2.75) is 13.3 Å². The summed E-state index contributed by atoms with van der Waals surface area (Å²) in [7, 11) is 0. The van der Waals surface area contributed by atoms with E-state index in [1.54, 1.807) is 0 Å². The number of hydrogen-bond acceptors (Lipinski definition) is 4. The predicted octanol–water partition coefficient (Wildman–Crippen LogP) is -0.0523. The van der Waals surface area contributed by atoms with E-state index in [0.717, 1.165) is 6.42 Å². The lowest BCUT2D eigenvalue weighted by Gasteiger charge is -2.04. The lowest BCUT2D eigenvalue weighted by molar-refractivity contribution is -0.117. The molecule has 0 saturated carbocycles. The van der Waals surface area contributed by atoms with Gasteiger partial charge in [-0.1, -0.05) is 6.92 Å². The summed E-state index contributed by atoms with van der Waals surface area (Å²) in [4.78, 5) is 22.0. The number of urea groups is 1. The molecule has 0 aliphatic carbocycles. The van der Waals surface area contributed by atoms with Crippen LogP contribution >= 0.6 is 11.8 Å². The Morgan fingerprint density at radius 3 is 2.71 bits per heavy atom. The summed E-state index contributed by atoms with van der Waals surface area (Å²) in [6.45, 7) is 2.53. The number of carbonyl (C=O) groups is 2. The minimum Gasteiger partial charge on any atom is -0.396 e. The molecule has 0 aliphatic rings. The number of imide groups is 1. The van der Waals surface area contributed by atoms with Crippen molar-refractivity contribution >= 4 is 23.7 Å². The van der Waals surface area contributed by atoms with Gasteiger partial charge in [0.25, 0.3) is 0 Å². The van der Waals surface area contributed by atoms with Crippen molar-refractivity contribution in [1.82, 2.24) is 10.6 Å². The molecule has 0 rings (SSSR count). The minimum atomic E-state index is -0.457. The summed E-state index contributed by atoms with van der Waals surface area (Å²) in [6.07, 6.45) is 0.834. The standard InChI is InChI=1S/C8H16N2O3S/c1-2-3-9-8(13)10-7(12)6-14-5-4-11/h11H,2-6H2,1H3,(H2,9,10,12,13). The molecule has 14 heavy (non-hydrogen) atoms. The lowest BCUT2D eigenvalue weighted by Crippen LogP contribution is -2.40. The van der Waals surface area contributed by atoms with Crippen molar-refractivity contribution in [1.29, 1.82) is 0 Å². The molecule has 0 bridgehead atoms. The molecule has 0 fully saturated rings. The van der Waals surface area contributed by atoms with Gasteiger partial charge in [-0.3, -0.25) is 10.1 Å². The highest BCUT2D eigenvalue weighted by Crippen LogP contribution is 1.96. The van der Waals surface area contributed by atoms with Crippen molar-refractivity contribution in [3.05, 3.63) is 0 Å². The largest absolute Gasteiger partial charge is 0.396 e. The quantitative estimate of drug-likeness (QED) is 0.548. The van der Waals surface area contributed by atoms with E-state index in [-0.39, 0.29) is 18.3 Å². The van der Waals surface area contributed by atoms with Gasteiger partial charge in [0.2, 0.25) is 5.91 Å². The highest BCUT2D eigenvalue weighted by atomic mass is 32.2. The van der Waals surface area contributed by atoms with Crippen LogP contribution in [0.15, 0.2) is 0 Å². The molecule has 0 spiro atoms. The van der Waals surface area contributed by atoms with Gasteiger partial charge in [-0.25, -0.2) is 4.79 Å². The van der Waals surface area contributed by atoms with Crippen LogP contribution in [0.2, 0.25) is 0 Å². The van der Waals surface area contributed by atoms with Gasteiger partial charge in [-0.2, -0.15) is 0 Å². The predicted molar refractivity (Wildman–Crippen MR) is 56.2 cm³/mol. The first kappa shape index (κ1) is 13.2. The highest BCUT2D eigenvalue weighted by Gasteiger charge is 2.05. The van der Waals surface area contributed by atoms with Crippen LogP contribution in [-0.2, 0) is 4.79 Å². The van der Waals surface area contributed by atoms with Gasteiger partial charge in [-0.05, 0) is 6.42 Å². The SMILES string of the molecule is CCCNC(=O)NC(=O)CSCCO. The Kier molecular flexibility index (Phi) is 8.36. The molecule has 0 saturated heterocycles. The Bertz CT molecular complexity index is 187. The Morgan fingerprint density at radius 1 is 1.43 bits per heavy atom. The average molecular weight is 220 g/mol. The molecule has 0 aromatic carbocycles. The smallest absolute Gasteiger partial charge is 0.321 e. The maximum Gasteiger partial charge on any atom is 0.321 e. The van der Waals surface area contributed by atoms with Gasteiger partial charge in [-0.15, -0.1) is 11.8 Å². The van der Waals surface area contributed by atoms with E-state index in [1.807, 2.05) is 6.92 Å². The molecule has 5 nitrogen and oxygen atoms in total. The molecule has 3 N–H and O–H groups in total. The second kappa shape index (κ2) is 8.83. The van der Waals surface area contributed by atoms with Crippen LogP contribution in [0.3, 0.4) is 0 Å². The number of nitrogens with one attached hydrogen (secondary N) is 2. The maximum atomic E-state index is 11.0. The Hall–Kier alpha value is -0.750. The van der Waals surface area contributed by atoms with Gasteiger partial charge in [0.05, 0.1) is 12.4 Å². The van der Waals surface area contributed by atoms with Gasteiger partial charge in [0.1, 0.15) is 0 Å². The summed E-state index contributed by atoms with van der Waals surface area (Å²) in [5.74, 6) is 0.362. The lowest BCUT2D eigenvalue weighted by atomic mass is 10.5. The number of aliphatic hydroxyl groups excluding tert-OH is 1. The first-order valence-corrected chi connectivity index (χ1v) is 5.62. The van der Waals surface area contributed by atoms with Crippen LogP contribution in [0.25, 0.3) is 0 Å². The summed E-state index contributed by atoms with van der Waals surface area (Å²) in [6, 6.07) is -0.457. The molecule has 0 atom stereocenters. The van der Waals surface area contributed by atoms with Crippen LogP contribution in [-0.4, -0.2) is 41.7 Å². The fourth-order valence-corrected chi connectivity index (χ4v) is 1.21. The number of aliphatic hydroxyl groups is 1. The van der Waals surface area contributed by atoms with Crippen LogP contribution in [0, 0.1) is 0 Å². The molecule has 82 valence electrons. The molecule has 0 unspecified atom stereocenters. The average Bonchev–Trinajstić information content (AvgIpc) is 2.15. The molecular weight excluding hydrogens is 204 g/mol. The second-order valence-corrected chi connectivity index (χ2v) is 3.69. The molecule has 0 aromatic heterocycles. The number of carbonyl (C=O) groups excluding carboxylic acids is 2. The van der Waals surface area contributed by atoms with E-state index in [1.165, 1.54) is 11.8 Å². The molecule has 6 heteroatoms. The van der Waals surface area contributed by atoms with Crippen molar-refractivity contribution in [2.24, 2.45) is 0 Å². The Labute approximate surface area is 87.6 Å². The summed E-state index contributed by atoms with van der Waals surface area (Å²) in [5.41, 5.74) is 0. The second-order valence-electron chi connectivity index (χ2n) is 2.58. The number of amides is 3. The maximum absolute atomic E-state index is 11.0. The zero-order valence-electron chi connectivity index (χ0n) is 8.21. The van der Waals surface area contributed by atoms with Gasteiger partial charge < -0.3 is 10.4 Å². The molecule has 0 heterocycles. The topological polar surface area (TPSA) is 78.4 Å². The zero-order chi connectivity index (χ0) is 10.8. The van der Waals surface area contributed by atoms with Gasteiger partial charge in [0, 0.05) is 12.3 Å². The third-order valence-corrected chi connectivity index (χ3v) is 2.19. The minimum absolute atomic E-state index is 0.0416. The number of rotatable bonds is 6. The molecule has 0 aromatic rings. The first-order chi connectivity index (χ1) is 6.70. The first-order valence-electron chi connectivity index (χ1n) is 4.47. The Balaban J connectivity index is 3.45. The number of thioether (sulfide) groups is 1. The van der Waals surface area contributed by atoms with Crippen molar-refractivity contribution < 1.29 is 14.7 Å². The third-order valence-electron chi connectivity index (χ3n) is 1.26. The van der Waals surface area contributed by atoms with Crippen LogP contribution in [0.4, 0.5) is 4.79 Å². The van der Waals surface area contributed by atoms with E-state index >= 15 is 0 Å². The van der Waals surface area contributed by atoms with Crippen LogP contribution < -0.4 is 10.6 Å². The normalized spacial score (nSPS) is 9.57. The molecule has 0 radical (unpaired) electrons. The van der Waals surface area contributed by atoms with Gasteiger partial charge in [0.15, 0.2) is 0 Å². The van der Waals surface area contributed by atoms with Crippen molar-refractivity contribution in [3.8, 4) is 0 Å². The summed E-state index contributed by atoms with van der Waals surface area (Å²) in [5, 5.41) is 13.2. The van der Waals surface area contributed by atoms with E-state index in [4.69, 9.17) is 5.11 Å². The van der Waals surface area contributed by atoms with Crippen LogP contribution in [0.5, 0.6) is 0 Å². The number of hydrogen-bond donors (Lipinski definition) is 3. The monoisotopic (exact) mass is 220 g/mol. The summed E-state index contributed by atoms with van der Waals surface area (Å²) < 4.78 is 0. The van der Waals surface area contributed by atoms with E-state index in [2.05, 4.69) is 10.6 Å². The van der Waals surface area contributed by atoms with Crippen LogP contribution in [0.1, 0.15) is 13.3 Å². The zero-order valence-corrected chi connectivity index (χ0v) is 9.02. The van der Waals surface area contributed by atoms with Gasteiger partial charge >= 0.3 is 6.03 Å². The third kappa shape index (κ3) is 7.88. The van der Waals surface area contributed by atoms with E-state index in [9.17, 15) is 9.59 Å². The van der Waals surface area contributed by atoms with Crippen molar-refractivity contribution in [3.63, 3.8) is 0 Å².